The SMILES string of the molecule is COc1ccc(NC(=O)COC(=O)c2cc(C3CC3)nc3c2cnn3C(C)C)cc1OC. The van der Waals surface area contributed by atoms with E-state index in [9.17, 15) is 9.59 Å². The fraction of sp³-hybridized carbons (Fsp3) is 0.391. The number of esters is 1. The van der Waals surface area contributed by atoms with Crippen LogP contribution in [0.3, 0.4) is 0 Å². The summed E-state index contributed by atoms with van der Waals surface area (Å²) >= 11 is 0. The number of nitrogens with zero attached hydrogens (tertiary/aromatic N) is 3. The fourth-order valence-electron chi connectivity index (χ4n) is 3.49. The van der Waals surface area contributed by atoms with Crippen molar-refractivity contribution in [1.82, 2.24) is 14.8 Å². The minimum atomic E-state index is -0.579. The van der Waals surface area contributed by atoms with Gasteiger partial charge >= 0.3 is 5.97 Å². The molecule has 2 aromatic heterocycles. The molecule has 2 heterocycles. The summed E-state index contributed by atoms with van der Waals surface area (Å²) in [6.07, 6.45) is 3.73. The Hall–Kier alpha value is -3.62. The Kier molecular flexibility index (Phi) is 5.98. The lowest BCUT2D eigenvalue weighted by molar-refractivity contribution is -0.119. The Morgan fingerprint density at radius 1 is 1.16 bits per heavy atom. The van der Waals surface area contributed by atoms with Gasteiger partial charge in [0.2, 0.25) is 0 Å². The number of anilines is 1. The van der Waals surface area contributed by atoms with Crippen molar-refractivity contribution < 1.29 is 23.8 Å². The number of ether oxygens (including phenoxy) is 3. The third-order valence-electron chi connectivity index (χ3n) is 5.29. The maximum atomic E-state index is 12.9. The molecule has 0 atom stereocenters. The standard InChI is InChI=1S/C23H26N4O5/c1-13(2)27-22-17(11-24-27)16(10-18(26-22)14-5-6-14)23(29)32-12-21(28)25-15-7-8-19(30-3)20(9-15)31-4/h7-11,13-14H,5-6,12H2,1-4H3,(H,25,28). The van der Waals surface area contributed by atoms with Crippen molar-refractivity contribution in [3.8, 4) is 11.5 Å². The van der Waals surface area contributed by atoms with Crippen LogP contribution in [0.4, 0.5) is 5.69 Å². The summed E-state index contributed by atoms with van der Waals surface area (Å²) in [6, 6.07) is 6.86. The Balaban J connectivity index is 1.49. The van der Waals surface area contributed by atoms with E-state index >= 15 is 0 Å². The first-order chi connectivity index (χ1) is 15.4. The van der Waals surface area contributed by atoms with Crippen LogP contribution in [-0.2, 0) is 9.53 Å². The molecule has 0 bridgehead atoms. The number of nitrogens with one attached hydrogen (secondary N) is 1. The van der Waals surface area contributed by atoms with Crippen LogP contribution in [0.2, 0.25) is 0 Å². The van der Waals surface area contributed by atoms with Gasteiger partial charge in [0.1, 0.15) is 0 Å². The van der Waals surface area contributed by atoms with Crippen molar-refractivity contribution in [2.75, 3.05) is 26.1 Å². The molecule has 9 nitrogen and oxygen atoms in total. The number of hydrogen-bond donors (Lipinski definition) is 1. The highest BCUT2D eigenvalue weighted by Gasteiger charge is 2.28. The molecule has 0 spiro atoms. The molecule has 3 aromatic rings. The summed E-state index contributed by atoms with van der Waals surface area (Å²) in [5.74, 6) is 0.347. The lowest BCUT2D eigenvalue weighted by Crippen LogP contribution is -2.21. The van der Waals surface area contributed by atoms with Crippen LogP contribution in [0.15, 0.2) is 30.5 Å². The highest BCUT2D eigenvalue weighted by molar-refractivity contribution is 6.04. The Bertz CT molecular complexity index is 1170. The highest BCUT2D eigenvalue weighted by Crippen LogP contribution is 2.40. The molecule has 32 heavy (non-hydrogen) atoms. The summed E-state index contributed by atoms with van der Waals surface area (Å²) < 4.78 is 17.5. The monoisotopic (exact) mass is 438 g/mol. The Morgan fingerprint density at radius 3 is 2.56 bits per heavy atom. The van der Waals surface area contributed by atoms with Gasteiger partial charge in [-0.05, 0) is 44.9 Å². The second kappa shape index (κ2) is 8.86. The third kappa shape index (κ3) is 4.37. The first-order valence-electron chi connectivity index (χ1n) is 10.5. The van der Waals surface area contributed by atoms with E-state index in [1.54, 1.807) is 35.1 Å². The lowest BCUT2D eigenvalue weighted by Gasteiger charge is -2.12. The van der Waals surface area contributed by atoms with E-state index in [4.69, 9.17) is 19.2 Å². The van der Waals surface area contributed by atoms with Gasteiger partial charge in [0.05, 0.1) is 31.4 Å². The second-order valence-corrected chi connectivity index (χ2v) is 7.98. The molecule has 1 fully saturated rings. The van der Waals surface area contributed by atoms with Gasteiger partial charge in [0.15, 0.2) is 23.8 Å². The number of aromatic nitrogens is 3. The van der Waals surface area contributed by atoms with Gasteiger partial charge in [-0.25, -0.2) is 14.5 Å². The van der Waals surface area contributed by atoms with Crippen LogP contribution >= 0.6 is 0 Å². The largest absolute Gasteiger partial charge is 0.493 e. The molecular formula is C23H26N4O5. The smallest absolute Gasteiger partial charge is 0.339 e. The number of benzene rings is 1. The molecule has 0 aliphatic heterocycles. The number of rotatable bonds is 8. The van der Waals surface area contributed by atoms with Crippen molar-refractivity contribution >= 4 is 28.6 Å². The maximum Gasteiger partial charge on any atom is 0.339 e. The molecule has 0 radical (unpaired) electrons. The van der Waals surface area contributed by atoms with E-state index in [0.29, 0.717) is 39.7 Å². The van der Waals surface area contributed by atoms with E-state index in [1.807, 2.05) is 13.8 Å². The molecule has 168 valence electrons. The summed E-state index contributed by atoms with van der Waals surface area (Å²) in [6.45, 7) is 3.59. The van der Waals surface area contributed by atoms with Crippen molar-refractivity contribution in [3.63, 3.8) is 0 Å². The van der Waals surface area contributed by atoms with Gasteiger partial charge in [-0.2, -0.15) is 5.10 Å². The van der Waals surface area contributed by atoms with Crippen molar-refractivity contribution in [3.05, 3.63) is 41.7 Å². The third-order valence-corrected chi connectivity index (χ3v) is 5.29. The Labute approximate surface area is 185 Å². The zero-order chi connectivity index (χ0) is 22.8. The van der Waals surface area contributed by atoms with Gasteiger partial charge in [-0.15, -0.1) is 0 Å². The van der Waals surface area contributed by atoms with Gasteiger partial charge in [0, 0.05) is 29.4 Å². The van der Waals surface area contributed by atoms with Crippen LogP contribution in [0, 0.1) is 0 Å². The maximum absolute atomic E-state index is 12.9. The number of pyridine rings is 1. The number of hydrogen-bond acceptors (Lipinski definition) is 7. The predicted octanol–water partition coefficient (Wildman–Crippen LogP) is 3.70. The number of amides is 1. The van der Waals surface area contributed by atoms with Crippen molar-refractivity contribution in [2.45, 2.75) is 38.6 Å². The van der Waals surface area contributed by atoms with Gasteiger partial charge in [-0.3, -0.25) is 4.79 Å². The molecule has 1 aromatic carbocycles. The van der Waals surface area contributed by atoms with Crippen LogP contribution in [0.1, 0.15) is 54.7 Å². The lowest BCUT2D eigenvalue weighted by atomic mass is 10.1. The number of carbonyl (C=O) groups is 2. The summed E-state index contributed by atoms with van der Waals surface area (Å²) in [7, 11) is 3.04. The minimum Gasteiger partial charge on any atom is -0.493 e. The molecule has 4 rings (SSSR count). The molecule has 1 aliphatic carbocycles. The summed E-state index contributed by atoms with van der Waals surface area (Å²) in [5.41, 5.74) is 2.40. The van der Waals surface area contributed by atoms with E-state index < -0.39 is 18.5 Å². The number of carbonyl (C=O) groups excluding carboxylic acids is 2. The molecular weight excluding hydrogens is 412 g/mol. The summed E-state index contributed by atoms with van der Waals surface area (Å²) in [5, 5.41) is 7.69. The highest BCUT2D eigenvalue weighted by atomic mass is 16.5. The molecule has 1 amide bonds. The van der Waals surface area contributed by atoms with Crippen LogP contribution in [0.5, 0.6) is 11.5 Å². The normalized spacial score (nSPS) is 13.3. The molecule has 9 heteroatoms. The Morgan fingerprint density at radius 2 is 1.91 bits per heavy atom. The average molecular weight is 438 g/mol. The zero-order valence-electron chi connectivity index (χ0n) is 18.5. The van der Waals surface area contributed by atoms with Gasteiger partial charge in [0.25, 0.3) is 5.91 Å². The van der Waals surface area contributed by atoms with Gasteiger partial charge in [-0.1, -0.05) is 0 Å². The van der Waals surface area contributed by atoms with E-state index in [2.05, 4.69) is 10.4 Å². The van der Waals surface area contributed by atoms with E-state index in [0.717, 1.165) is 18.5 Å². The molecule has 1 N–H and O–H groups in total. The first kappa shape index (κ1) is 21.6. The molecule has 1 aliphatic rings. The molecule has 0 saturated heterocycles. The topological polar surface area (TPSA) is 105 Å². The van der Waals surface area contributed by atoms with Crippen molar-refractivity contribution in [1.29, 1.82) is 0 Å². The number of methoxy groups -OCH3 is 2. The summed E-state index contributed by atoms with van der Waals surface area (Å²) in [4.78, 5) is 30.0. The minimum absolute atomic E-state index is 0.102. The van der Waals surface area contributed by atoms with Crippen molar-refractivity contribution in [2.24, 2.45) is 0 Å². The first-order valence-corrected chi connectivity index (χ1v) is 10.5. The van der Waals surface area contributed by atoms with E-state index in [1.165, 1.54) is 14.2 Å². The predicted molar refractivity (Wildman–Crippen MR) is 118 cm³/mol. The van der Waals surface area contributed by atoms with Crippen LogP contribution in [-0.4, -0.2) is 47.5 Å². The molecule has 0 unspecified atom stereocenters. The quantitative estimate of drug-likeness (QED) is 0.535. The van der Waals surface area contributed by atoms with Crippen LogP contribution in [0.25, 0.3) is 11.0 Å². The zero-order valence-corrected chi connectivity index (χ0v) is 18.5. The molecule has 1 saturated carbocycles. The fourth-order valence-corrected chi connectivity index (χ4v) is 3.49. The van der Waals surface area contributed by atoms with Gasteiger partial charge < -0.3 is 19.5 Å². The average Bonchev–Trinajstić information content (AvgIpc) is 3.55. The number of fused-ring (bicyclic) bond motifs is 1. The van der Waals surface area contributed by atoms with Crippen LogP contribution < -0.4 is 14.8 Å². The second-order valence-electron chi connectivity index (χ2n) is 7.98. The van der Waals surface area contributed by atoms with E-state index in [-0.39, 0.29) is 6.04 Å².